The zero-order valence-electron chi connectivity index (χ0n) is 24.5. The number of nitrogens with one attached hydrogen (secondary N) is 1. The van der Waals surface area contributed by atoms with E-state index in [1.807, 2.05) is 20.8 Å². The van der Waals surface area contributed by atoms with E-state index in [2.05, 4.69) is 5.32 Å². The number of hydrogen-bond donors (Lipinski definition) is 1. The van der Waals surface area contributed by atoms with Gasteiger partial charge in [0.1, 0.15) is 24.1 Å². The van der Waals surface area contributed by atoms with Gasteiger partial charge in [-0.2, -0.15) is 0 Å². The molecule has 0 spiro atoms. The Bertz CT molecular complexity index is 1450. The largest absolute Gasteiger partial charge is 0.497 e. The number of hydrogen-bond acceptors (Lipinski definition) is 6. The zero-order valence-corrected chi connectivity index (χ0v) is 26.1. The lowest BCUT2D eigenvalue weighted by atomic mass is 10.1. The number of amides is 2. The maximum atomic E-state index is 14.1. The maximum Gasteiger partial charge on any atom is 0.264 e. The molecule has 11 heteroatoms. The van der Waals surface area contributed by atoms with Gasteiger partial charge in [0.25, 0.3) is 10.0 Å². The fourth-order valence-electron chi connectivity index (χ4n) is 4.30. The number of methoxy groups -OCH3 is 2. The number of carbonyl (C=O) groups is 2. The van der Waals surface area contributed by atoms with Crippen LogP contribution in [0.5, 0.6) is 11.5 Å². The molecule has 9 nitrogen and oxygen atoms in total. The van der Waals surface area contributed by atoms with Crippen LogP contribution < -0.4 is 19.1 Å². The van der Waals surface area contributed by atoms with Crippen molar-refractivity contribution in [3.63, 3.8) is 0 Å². The van der Waals surface area contributed by atoms with E-state index in [9.17, 15) is 18.0 Å². The Morgan fingerprint density at radius 3 is 2.05 bits per heavy atom. The molecule has 0 aliphatic rings. The Balaban J connectivity index is 2.04. The molecule has 226 valence electrons. The van der Waals surface area contributed by atoms with Gasteiger partial charge in [-0.1, -0.05) is 50.6 Å². The minimum Gasteiger partial charge on any atom is -0.497 e. The molecule has 0 saturated carbocycles. The number of sulfonamides is 1. The number of anilines is 1. The topological polar surface area (TPSA) is 105 Å². The summed E-state index contributed by atoms with van der Waals surface area (Å²) in [6.45, 7) is 5.75. The number of benzene rings is 3. The summed E-state index contributed by atoms with van der Waals surface area (Å²) in [5, 5.41) is 3.23. The van der Waals surface area contributed by atoms with Crippen LogP contribution in [0.4, 0.5) is 5.69 Å². The highest BCUT2D eigenvalue weighted by molar-refractivity contribution is 7.92. The van der Waals surface area contributed by atoms with Crippen LogP contribution in [-0.2, 0) is 26.2 Å². The summed E-state index contributed by atoms with van der Waals surface area (Å²) >= 11 is 6.23. The van der Waals surface area contributed by atoms with Crippen molar-refractivity contribution >= 4 is 39.1 Å². The first-order valence-corrected chi connectivity index (χ1v) is 15.4. The smallest absolute Gasteiger partial charge is 0.264 e. The van der Waals surface area contributed by atoms with Crippen molar-refractivity contribution in [3.8, 4) is 11.5 Å². The normalized spacial score (nSPS) is 12.0. The van der Waals surface area contributed by atoms with Crippen LogP contribution >= 0.6 is 11.6 Å². The van der Waals surface area contributed by atoms with Crippen LogP contribution in [0.2, 0.25) is 5.02 Å². The minimum absolute atomic E-state index is 0.0282. The monoisotopic (exact) mass is 615 g/mol. The Labute approximate surface area is 253 Å². The summed E-state index contributed by atoms with van der Waals surface area (Å²) in [4.78, 5) is 28.8. The van der Waals surface area contributed by atoms with Crippen LogP contribution in [0.3, 0.4) is 0 Å². The number of carbonyl (C=O) groups excluding carboxylic acids is 2. The molecule has 0 aliphatic carbocycles. The van der Waals surface area contributed by atoms with E-state index >= 15 is 0 Å². The Kier molecular flexibility index (Phi) is 11.6. The molecule has 0 saturated heterocycles. The molecule has 3 aromatic rings. The quantitative estimate of drug-likeness (QED) is 0.270. The molecule has 1 atom stereocenters. The standard InChI is InChI=1S/C31H38ClN3O6S/c1-6-29(31(37)33-19-22(2)3)34(20-23-10-12-26(40-4)13-11-23)30(36)21-35(25-9-7-8-24(32)18-25)42(38,39)28-16-14-27(41-5)15-17-28/h7-18,22,29H,6,19-21H2,1-5H3,(H,33,37)/t29-/m0/s1. The summed E-state index contributed by atoms with van der Waals surface area (Å²) in [5.41, 5.74) is 0.972. The van der Waals surface area contributed by atoms with Gasteiger partial charge < -0.3 is 19.7 Å². The van der Waals surface area contributed by atoms with E-state index < -0.39 is 28.5 Å². The van der Waals surface area contributed by atoms with Crippen LogP contribution in [0.15, 0.2) is 77.7 Å². The lowest BCUT2D eigenvalue weighted by molar-refractivity contribution is -0.140. The van der Waals surface area contributed by atoms with E-state index in [0.717, 1.165) is 9.87 Å². The molecule has 3 aromatic carbocycles. The van der Waals surface area contributed by atoms with Gasteiger partial charge in [0.05, 0.1) is 24.8 Å². The second-order valence-corrected chi connectivity index (χ2v) is 12.4. The SMILES string of the molecule is CC[C@@H](C(=O)NCC(C)C)N(Cc1ccc(OC)cc1)C(=O)CN(c1cccc(Cl)c1)S(=O)(=O)c1ccc(OC)cc1. The Hall–Kier alpha value is -3.76. The molecule has 0 radical (unpaired) electrons. The van der Waals surface area contributed by atoms with Gasteiger partial charge in [-0.25, -0.2) is 8.42 Å². The van der Waals surface area contributed by atoms with Crippen molar-refractivity contribution in [2.75, 3.05) is 31.6 Å². The summed E-state index contributed by atoms with van der Waals surface area (Å²) in [6, 6.07) is 18.5. The highest BCUT2D eigenvalue weighted by Gasteiger charge is 2.33. The van der Waals surface area contributed by atoms with Gasteiger partial charge in [-0.3, -0.25) is 13.9 Å². The Morgan fingerprint density at radius 1 is 0.929 bits per heavy atom. The van der Waals surface area contributed by atoms with Gasteiger partial charge >= 0.3 is 0 Å². The van der Waals surface area contributed by atoms with Crippen molar-refractivity contribution in [2.45, 2.75) is 44.7 Å². The average Bonchev–Trinajstić information content (AvgIpc) is 2.98. The first kappa shape index (κ1) is 32.8. The second kappa shape index (κ2) is 14.9. The van der Waals surface area contributed by atoms with E-state index in [0.29, 0.717) is 29.5 Å². The fraction of sp³-hybridized carbons (Fsp3) is 0.355. The van der Waals surface area contributed by atoms with E-state index in [1.165, 1.54) is 42.3 Å². The molecule has 3 rings (SSSR count). The first-order chi connectivity index (χ1) is 20.0. The maximum absolute atomic E-state index is 14.1. The predicted octanol–water partition coefficient (Wildman–Crippen LogP) is 5.13. The number of nitrogens with zero attached hydrogens (tertiary/aromatic N) is 2. The first-order valence-electron chi connectivity index (χ1n) is 13.6. The van der Waals surface area contributed by atoms with Crippen molar-refractivity contribution in [1.29, 1.82) is 0 Å². The summed E-state index contributed by atoms with van der Waals surface area (Å²) < 4.78 is 39.4. The van der Waals surface area contributed by atoms with E-state index in [1.54, 1.807) is 49.6 Å². The average molecular weight is 616 g/mol. The molecule has 0 bridgehead atoms. The predicted molar refractivity (Wildman–Crippen MR) is 164 cm³/mol. The van der Waals surface area contributed by atoms with Crippen LogP contribution in [0.25, 0.3) is 0 Å². The summed E-state index contributed by atoms with van der Waals surface area (Å²) in [5.74, 6) is 0.499. The van der Waals surface area contributed by atoms with Crippen molar-refractivity contribution in [2.24, 2.45) is 5.92 Å². The highest BCUT2D eigenvalue weighted by Crippen LogP contribution is 2.28. The lowest BCUT2D eigenvalue weighted by Gasteiger charge is -2.33. The van der Waals surface area contributed by atoms with Gasteiger partial charge in [0.2, 0.25) is 11.8 Å². The van der Waals surface area contributed by atoms with Crippen molar-refractivity contribution in [1.82, 2.24) is 10.2 Å². The lowest BCUT2D eigenvalue weighted by Crippen LogP contribution is -2.52. The van der Waals surface area contributed by atoms with Gasteiger partial charge in [-0.15, -0.1) is 0 Å². The van der Waals surface area contributed by atoms with Crippen molar-refractivity contribution in [3.05, 3.63) is 83.4 Å². The molecule has 2 amide bonds. The third-order valence-electron chi connectivity index (χ3n) is 6.60. The van der Waals surface area contributed by atoms with E-state index in [-0.39, 0.29) is 29.0 Å². The van der Waals surface area contributed by atoms with Gasteiger partial charge in [0, 0.05) is 18.1 Å². The highest BCUT2D eigenvalue weighted by atomic mass is 35.5. The second-order valence-electron chi connectivity index (χ2n) is 10.1. The molecule has 0 aromatic heterocycles. The zero-order chi connectivity index (χ0) is 30.9. The number of ether oxygens (including phenoxy) is 2. The van der Waals surface area contributed by atoms with Crippen LogP contribution in [0.1, 0.15) is 32.8 Å². The molecule has 42 heavy (non-hydrogen) atoms. The van der Waals surface area contributed by atoms with Crippen molar-refractivity contribution < 1.29 is 27.5 Å². The molecule has 0 unspecified atom stereocenters. The number of halogens is 1. The minimum atomic E-state index is -4.23. The summed E-state index contributed by atoms with van der Waals surface area (Å²) in [7, 11) is -1.18. The molecular weight excluding hydrogens is 578 g/mol. The molecule has 0 aliphatic heterocycles. The van der Waals surface area contributed by atoms with E-state index in [4.69, 9.17) is 21.1 Å². The molecule has 1 N–H and O–H groups in total. The van der Waals surface area contributed by atoms with Gasteiger partial charge in [0.15, 0.2) is 0 Å². The fourth-order valence-corrected chi connectivity index (χ4v) is 5.90. The van der Waals surface area contributed by atoms with Crippen LogP contribution in [-0.4, -0.2) is 58.5 Å². The molecular formula is C31H38ClN3O6S. The molecule has 0 heterocycles. The third-order valence-corrected chi connectivity index (χ3v) is 8.63. The third kappa shape index (κ3) is 8.39. The van der Waals surface area contributed by atoms with Gasteiger partial charge in [-0.05, 0) is 72.5 Å². The Morgan fingerprint density at radius 2 is 1.52 bits per heavy atom. The number of rotatable bonds is 14. The molecule has 0 fully saturated rings. The summed E-state index contributed by atoms with van der Waals surface area (Å²) in [6.07, 6.45) is 0.328. The van der Waals surface area contributed by atoms with Crippen LogP contribution in [0, 0.1) is 5.92 Å².